The first kappa shape index (κ1) is 26.5. The first-order valence-electron chi connectivity index (χ1n) is 12.3. The molecule has 3 aromatic carbocycles. The summed E-state index contributed by atoms with van der Waals surface area (Å²) in [5.41, 5.74) is 4.06. The van der Waals surface area contributed by atoms with Crippen molar-refractivity contribution < 1.29 is 18.4 Å². The van der Waals surface area contributed by atoms with Crippen LogP contribution in [0.4, 0.5) is 25.1 Å². The van der Waals surface area contributed by atoms with E-state index in [2.05, 4.69) is 10.6 Å². The molecule has 3 amide bonds. The van der Waals surface area contributed by atoms with E-state index in [9.17, 15) is 18.4 Å². The minimum Gasteiger partial charge on any atom is -0.315 e. The van der Waals surface area contributed by atoms with Gasteiger partial charge in [0.15, 0.2) is 0 Å². The molecule has 4 rings (SSSR count). The van der Waals surface area contributed by atoms with Crippen molar-refractivity contribution in [2.45, 2.75) is 27.2 Å². The molecule has 0 radical (unpaired) electrons. The Bertz CT molecular complexity index is 1440. The van der Waals surface area contributed by atoms with Crippen molar-refractivity contribution >= 4 is 23.4 Å². The van der Waals surface area contributed by atoms with E-state index in [4.69, 9.17) is 5.10 Å². The van der Waals surface area contributed by atoms with Crippen LogP contribution in [0.5, 0.6) is 0 Å². The molecule has 0 bridgehead atoms. The third-order valence-corrected chi connectivity index (χ3v) is 5.95. The normalized spacial score (nSPS) is 10.8. The standard InChI is InChI=1S/C29H29F2N5O2/c1-4-16-35(29(38)32-25-15-12-22(30)17-24(25)31)18-26(37)33-28-27(21-8-6-5-7-9-21)20(3)34-36(28)23-13-10-19(2)11-14-23/h5-15,17H,4,16,18H2,1-3H3,(H,32,38)(H,33,37). The number of carbonyl (C=O) groups is 2. The number of aromatic nitrogens is 2. The fourth-order valence-electron chi connectivity index (χ4n) is 4.12. The molecule has 0 aliphatic carbocycles. The molecule has 196 valence electrons. The highest BCUT2D eigenvalue weighted by molar-refractivity contribution is 5.99. The number of nitrogens with zero attached hydrogens (tertiary/aromatic N) is 3. The highest BCUT2D eigenvalue weighted by atomic mass is 19.1. The summed E-state index contributed by atoms with van der Waals surface area (Å²) in [7, 11) is 0. The van der Waals surface area contributed by atoms with Gasteiger partial charge in [-0.15, -0.1) is 0 Å². The maximum absolute atomic E-state index is 14.1. The zero-order valence-corrected chi connectivity index (χ0v) is 21.5. The number of hydrogen-bond donors (Lipinski definition) is 2. The summed E-state index contributed by atoms with van der Waals surface area (Å²) in [6, 6.07) is 19.6. The lowest BCUT2D eigenvalue weighted by atomic mass is 10.1. The molecular formula is C29H29F2N5O2. The number of benzene rings is 3. The summed E-state index contributed by atoms with van der Waals surface area (Å²) in [4.78, 5) is 27.5. The first-order chi connectivity index (χ1) is 18.3. The summed E-state index contributed by atoms with van der Waals surface area (Å²) in [5, 5.41) is 10.1. The molecule has 0 unspecified atom stereocenters. The van der Waals surface area contributed by atoms with E-state index in [0.29, 0.717) is 18.3 Å². The van der Waals surface area contributed by atoms with E-state index in [-0.39, 0.29) is 18.8 Å². The molecule has 0 saturated carbocycles. The van der Waals surface area contributed by atoms with Gasteiger partial charge in [-0.3, -0.25) is 4.79 Å². The van der Waals surface area contributed by atoms with Crippen molar-refractivity contribution in [3.8, 4) is 16.8 Å². The molecule has 1 aromatic heterocycles. The Balaban J connectivity index is 1.62. The molecule has 2 N–H and O–H groups in total. The quantitative estimate of drug-likeness (QED) is 0.287. The summed E-state index contributed by atoms with van der Waals surface area (Å²) < 4.78 is 29.0. The van der Waals surface area contributed by atoms with Crippen LogP contribution in [0.15, 0.2) is 72.8 Å². The Morgan fingerprint density at radius 1 is 0.947 bits per heavy atom. The third-order valence-electron chi connectivity index (χ3n) is 5.95. The molecule has 38 heavy (non-hydrogen) atoms. The molecule has 1 heterocycles. The second-order valence-electron chi connectivity index (χ2n) is 8.95. The molecule has 0 spiro atoms. The lowest BCUT2D eigenvalue weighted by Crippen LogP contribution is -2.41. The lowest BCUT2D eigenvalue weighted by Gasteiger charge is -2.22. The summed E-state index contributed by atoms with van der Waals surface area (Å²) in [5.74, 6) is -1.62. The summed E-state index contributed by atoms with van der Waals surface area (Å²) in [6.45, 7) is 5.69. The molecular weight excluding hydrogens is 488 g/mol. The van der Waals surface area contributed by atoms with Crippen LogP contribution in [-0.4, -0.2) is 39.7 Å². The van der Waals surface area contributed by atoms with E-state index >= 15 is 0 Å². The van der Waals surface area contributed by atoms with Gasteiger partial charge in [0.25, 0.3) is 0 Å². The van der Waals surface area contributed by atoms with E-state index < -0.39 is 23.6 Å². The van der Waals surface area contributed by atoms with Gasteiger partial charge in [-0.2, -0.15) is 5.10 Å². The van der Waals surface area contributed by atoms with Gasteiger partial charge in [0.1, 0.15) is 24.0 Å². The lowest BCUT2D eigenvalue weighted by molar-refractivity contribution is -0.116. The Kier molecular flexibility index (Phi) is 8.15. The van der Waals surface area contributed by atoms with Gasteiger partial charge >= 0.3 is 6.03 Å². The van der Waals surface area contributed by atoms with Gasteiger partial charge in [0.2, 0.25) is 5.91 Å². The number of urea groups is 1. The Morgan fingerprint density at radius 3 is 2.32 bits per heavy atom. The number of anilines is 2. The smallest absolute Gasteiger partial charge is 0.315 e. The molecule has 0 saturated heterocycles. The minimum absolute atomic E-state index is 0.169. The van der Waals surface area contributed by atoms with Crippen LogP contribution in [0.25, 0.3) is 16.8 Å². The van der Waals surface area contributed by atoms with Gasteiger partial charge in [0.05, 0.1) is 17.1 Å². The second-order valence-corrected chi connectivity index (χ2v) is 8.95. The van der Waals surface area contributed by atoms with Crippen LogP contribution < -0.4 is 10.6 Å². The average Bonchev–Trinajstić information content (AvgIpc) is 3.21. The first-order valence-corrected chi connectivity index (χ1v) is 12.3. The third kappa shape index (κ3) is 6.05. The van der Waals surface area contributed by atoms with Crippen molar-refractivity contribution in [2.24, 2.45) is 0 Å². The molecule has 0 atom stereocenters. The number of halogens is 2. The predicted molar refractivity (Wildman–Crippen MR) is 144 cm³/mol. The highest BCUT2D eigenvalue weighted by Gasteiger charge is 2.23. The molecule has 0 aliphatic rings. The van der Waals surface area contributed by atoms with Crippen LogP contribution in [0.3, 0.4) is 0 Å². The highest BCUT2D eigenvalue weighted by Crippen LogP contribution is 2.33. The topological polar surface area (TPSA) is 79.3 Å². The van der Waals surface area contributed by atoms with Crippen LogP contribution in [-0.2, 0) is 4.79 Å². The molecule has 0 aliphatic heterocycles. The maximum atomic E-state index is 14.1. The second kappa shape index (κ2) is 11.7. The Hall–Kier alpha value is -4.53. The zero-order valence-electron chi connectivity index (χ0n) is 21.5. The Labute approximate surface area is 220 Å². The maximum Gasteiger partial charge on any atom is 0.322 e. The van der Waals surface area contributed by atoms with Crippen molar-refractivity contribution in [3.63, 3.8) is 0 Å². The number of aryl methyl sites for hydroxylation is 2. The fraction of sp³-hybridized carbons (Fsp3) is 0.207. The van der Waals surface area contributed by atoms with Crippen LogP contribution in [0, 0.1) is 25.5 Å². The zero-order chi connectivity index (χ0) is 27.2. The average molecular weight is 518 g/mol. The van der Waals surface area contributed by atoms with Gasteiger partial charge in [-0.25, -0.2) is 18.3 Å². The van der Waals surface area contributed by atoms with E-state index in [1.807, 2.05) is 75.4 Å². The SMILES string of the molecule is CCCN(CC(=O)Nc1c(-c2ccccc2)c(C)nn1-c1ccc(C)cc1)C(=O)Nc1ccc(F)cc1F. The van der Waals surface area contributed by atoms with Crippen LogP contribution in [0.1, 0.15) is 24.6 Å². The number of carbonyl (C=O) groups excluding carboxylic acids is 2. The number of hydrogen-bond acceptors (Lipinski definition) is 3. The summed E-state index contributed by atoms with van der Waals surface area (Å²) >= 11 is 0. The monoisotopic (exact) mass is 517 g/mol. The van der Waals surface area contributed by atoms with E-state index in [1.54, 1.807) is 4.68 Å². The Morgan fingerprint density at radius 2 is 1.66 bits per heavy atom. The predicted octanol–water partition coefficient (Wildman–Crippen LogP) is 6.32. The largest absolute Gasteiger partial charge is 0.322 e. The van der Waals surface area contributed by atoms with Gasteiger partial charge in [0, 0.05) is 18.2 Å². The van der Waals surface area contributed by atoms with Crippen molar-refractivity contribution in [1.29, 1.82) is 0 Å². The molecule has 7 nitrogen and oxygen atoms in total. The summed E-state index contributed by atoms with van der Waals surface area (Å²) in [6.07, 6.45) is 0.572. The van der Waals surface area contributed by atoms with Crippen molar-refractivity contribution in [2.75, 3.05) is 23.7 Å². The van der Waals surface area contributed by atoms with Gasteiger partial charge in [-0.05, 0) is 50.1 Å². The van der Waals surface area contributed by atoms with Crippen molar-refractivity contribution in [1.82, 2.24) is 14.7 Å². The molecule has 4 aromatic rings. The van der Waals surface area contributed by atoms with Crippen LogP contribution in [0.2, 0.25) is 0 Å². The van der Waals surface area contributed by atoms with Crippen molar-refractivity contribution in [3.05, 3.63) is 95.7 Å². The number of nitrogens with one attached hydrogen (secondary N) is 2. The minimum atomic E-state index is -0.899. The van der Waals surface area contributed by atoms with Gasteiger partial charge in [-0.1, -0.05) is 55.0 Å². The van der Waals surface area contributed by atoms with E-state index in [1.165, 1.54) is 4.90 Å². The molecule has 0 fully saturated rings. The number of amides is 3. The van der Waals surface area contributed by atoms with E-state index in [0.717, 1.165) is 40.2 Å². The van der Waals surface area contributed by atoms with Crippen LogP contribution >= 0.6 is 0 Å². The molecule has 9 heteroatoms. The number of rotatable bonds is 8. The van der Waals surface area contributed by atoms with Gasteiger partial charge < -0.3 is 15.5 Å². The fourth-order valence-corrected chi connectivity index (χ4v) is 4.12.